The van der Waals surface area contributed by atoms with Gasteiger partial charge in [0.1, 0.15) is 17.6 Å². The highest BCUT2D eigenvalue weighted by molar-refractivity contribution is 6.00. The van der Waals surface area contributed by atoms with Gasteiger partial charge in [0, 0.05) is 41.9 Å². The summed E-state index contributed by atoms with van der Waals surface area (Å²) >= 11 is 0. The Morgan fingerprint density at radius 3 is 2.59 bits per heavy atom. The van der Waals surface area contributed by atoms with Crippen LogP contribution in [0.4, 0.5) is 4.39 Å². The van der Waals surface area contributed by atoms with Gasteiger partial charge in [-0.2, -0.15) is 0 Å². The van der Waals surface area contributed by atoms with E-state index in [1.807, 2.05) is 24.3 Å². The number of carbonyl (C=O) groups is 4. The average Bonchev–Trinajstić information content (AvgIpc) is 3.54. The number of hydrogen-bond donors (Lipinski definition) is 4. The van der Waals surface area contributed by atoms with Crippen molar-refractivity contribution in [2.45, 2.75) is 38.3 Å². The second kappa shape index (κ2) is 12.9. The van der Waals surface area contributed by atoms with Gasteiger partial charge in [0.25, 0.3) is 5.91 Å². The first-order valence-corrected chi connectivity index (χ1v) is 12.9. The molecule has 3 amide bonds. The summed E-state index contributed by atoms with van der Waals surface area (Å²) in [4.78, 5) is 53.8. The zero-order chi connectivity index (χ0) is 27.8. The van der Waals surface area contributed by atoms with Crippen LogP contribution in [0.25, 0.3) is 10.9 Å². The zero-order valence-corrected chi connectivity index (χ0v) is 21.5. The van der Waals surface area contributed by atoms with Crippen molar-refractivity contribution in [2.75, 3.05) is 13.2 Å². The number of aromatic nitrogens is 1. The molecule has 2 heterocycles. The summed E-state index contributed by atoms with van der Waals surface area (Å²) in [6.07, 6.45) is 3.69. The highest BCUT2D eigenvalue weighted by Gasteiger charge is 2.29. The molecule has 0 radical (unpaired) electrons. The number of ether oxygens (including phenoxy) is 1. The van der Waals surface area contributed by atoms with Crippen LogP contribution in [0.2, 0.25) is 0 Å². The van der Waals surface area contributed by atoms with Crippen LogP contribution >= 0.6 is 0 Å². The number of H-pyrrole nitrogens is 1. The van der Waals surface area contributed by atoms with Gasteiger partial charge in [-0.05, 0) is 49.6 Å². The van der Waals surface area contributed by atoms with Crippen molar-refractivity contribution in [3.63, 3.8) is 0 Å². The van der Waals surface area contributed by atoms with Crippen LogP contribution in [-0.4, -0.2) is 53.9 Å². The minimum Gasteiger partial charge on any atom is -0.463 e. The van der Waals surface area contributed by atoms with Gasteiger partial charge in [-0.25, -0.2) is 9.18 Å². The highest BCUT2D eigenvalue weighted by atomic mass is 19.1. The van der Waals surface area contributed by atoms with Crippen molar-refractivity contribution in [1.29, 1.82) is 0 Å². The van der Waals surface area contributed by atoms with Crippen LogP contribution < -0.4 is 16.0 Å². The summed E-state index contributed by atoms with van der Waals surface area (Å²) in [5, 5.41) is 9.26. The quantitative estimate of drug-likeness (QED) is 0.222. The lowest BCUT2D eigenvalue weighted by Gasteiger charge is -2.23. The maximum Gasteiger partial charge on any atom is 0.330 e. The molecule has 4 N–H and O–H groups in total. The van der Waals surface area contributed by atoms with Gasteiger partial charge in [0.15, 0.2) is 0 Å². The number of carbonyl (C=O) groups excluding carboxylic acids is 4. The molecule has 0 bridgehead atoms. The summed E-state index contributed by atoms with van der Waals surface area (Å²) in [6.45, 7) is 2.42. The van der Waals surface area contributed by atoms with Crippen molar-refractivity contribution >= 4 is 34.6 Å². The van der Waals surface area contributed by atoms with E-state index in [-0.39, 0.29) is 37.0 Å². The molecular weight excluding hydrogens is 503 g/mol. The third kappa shape index (κ3) is 7.53. The number of benzene rings is 2. The SMILES string of the molecule is CCOC(=O)C=C[C@H](C[C@@H]1CCNC1=O)NC(=O)[C@H](Cc1ccc(F)cc1)NC(=O)c1cc2ccccc2[nH]1. The number of rotatable bonds is 11. The Morgan fingerprint density at radius 1 is 1.13 bits per heavy atom. The molecule has 39 heavy (non-hydrogen) atoms. The van der Waals surface area contributed by atoms with E-state index < -0.39 is 35.7 Å². The molecule has 1 aromatic heterocycles. The summed E-state index contributed by atoms with van der Waals surface area (Å²) in [6, 6.07) is 13.1. The van der Waals surface area contributed by atoms with Gasteiger partial charge in [0.2, 0.25) is 11.8 Å². The number of nitrogens with one attached hydrogen (secondary N) is 4. The summed E-state index contributed by atoms with van der Waals surface area (Å²) in [5.74, 6) is -2.43. The first-order valence-electron chi connectivity index (χ1n) is 12.9. The molecule has 4 rings (SSSR count). The van der Waals surface area contributed by atoms with Gasteiger partial charge in [0.05, 0.1) is 6.61 Å². The van der Waals surface area contributed by atoms with Crippen LogP contribution in [0.3, 0.4) is 0 Å². The van der Waals surface area contributed by atoms with Crippen molar-refractivity contribution in [3.05, 3.63) is 83.8 Å². The second-order valence-electron chi connectivity index (χ2n) is 9.37. The fourth-order valence-electron chi connectivity index (χ4n) is 4.53. The number of para-hydroxylation sites is 1. The largest absolute Gasteiger partial charge is 0.463 e. The normalized spacial score (nSPS) is 16.6. The van der Waals surface area contributed by atoms with E-state index in [9.17, 15) is 23.6 Å². The molecule has 0 spiro atoms. The summed E-state index contributed by atoms with van der Waals surface area (Å²) in [7, 11) is 0. The number of fused-ring (bicyclic) bond motifs is 1. The molecule has 3 atom stereocenters. The lowest BCUT2D eigenvalue weighted by atomic mass is 9.97. The Kier molecular flexibility index (Phi) is 9.09. The first-order chi connectivity index (χ1) is 18.8. The third-order valence-electron chi connectivity index (χ3n) is 6.53. The molecule has 0 saturated carbocycles. The maximum atomic E-state index is 13.5. The standard InChI is InChI=1S/C29H31FN4O5/c1-2-39-26(35)12-11-22(16-20-13-14-31-27(20)36)32-28(37)24(15-18-7-9-21(30)10-8-18)34-29(38)25-17-19-5-3-4-6-23(19)33-25/h3-12,17,20,22,24,33H,2,13-16H2,1H3,(H,31,36)(H,32,37)(H,34,38)/t20-,22+,24-/m0/s1. The van der Waals surface area contributed by atoms with Crippen molar-refractivity contribution in [2.24, 2.45) is 5.92 Å². The fourth-order valence-corrected chi connectivity index (χ4v) is 4.53. The van der Waals surface area contributed by atoms with Gasteiger partial charge >= 0.3 is 5.97 Å². The highest BCUT2D eigenvalue weighted by Crippen LogP contribution is 2.18. The van der Waals surface area contributed by atoms with Crippen LogP contribution in [0.1, 0.15) is 35.8 Å². The monoisotopic (exact) mass is 534 g/mol. The van der Waals surface area contributed by atoms with Crippen molar-refractivity contribution in [1.82, 2.24) is 20.9 Å². The molecule has 1 aliphatic rings. The fraction of sp³-hybridized carbons (Fsp3) is 0.310. The van der Waals surface area contributed by atoms with E-state index in [0.717, 1.165) is 10.9 Å². The zero-order valence-electron chi connectivity index (χ0n) is 21.5. The summed E-state index contributed by atoms with van der Waals surface area (Å²) < 4.78 is 18.4. The Labute approximate surface area is 225 Å². The molecule has 10 heteroatoms. The third-order valence-corrected chi connectivity index (χ3v) is 6.53. The maximum absolute atomic E-state index is 13.5. The number of aromatic amines is 1. The molecule has 1 saturated heterocycles. The second-order valence-corrected chi connectivity index (χ2v) is 9.37. The predicted molar refractivity (Wildman–Crippen MR) is 143 cm³/mol. The van der Waals surface area contributed by atoms with Gasteiger partial charge < -0.3 is 25.7 Å². The van der Waals surface area contributed by atoms with E-state index in [4.69, 9.17) is 4.74 Å². The van der Waals surface area contributed by atoms with E-state index >= 15 is 0 Å². The minimum atomic E-state index is -1.02. The molecule has 0 aliphatic carbocycles. The van der Waals surface area contributed by atoms with Crippen molar-refractivity contribution < 1.29 is 28.3 Å². The molecule has 0 unspecified atom stereocenters. The Balaban J connectivity index is 1.54. The van der Waals surface area contributed by atoms with Gasteiger partial charge in [-0.15, -0.1) is 0 Å². The number of esters is 1. The van der Waals surface area contributed by atoms with Crippen LogP contribution in [0, 0.1) is 11.7 Å². The van der Waals surface area contributed by atoms with E-state index in [2.05, 4.69) is 20.9 Å². The molecule has 9 nitrogen and oxygen atoms in total. The number of hydrogen-bond acceptors (Lipinski definition) is 5. The molecule has 204 valence electrons. The van der Waals surface area contributed by atoms with Gasteiger partial charge in [-0.1, -0.05) is 36.4 Å². The number of amides is 3. The van der Waals surface area contributed by atoms with Crippen LogP contribution in [-0.2, 0) is 25.5 Å². The van der Waals surface area contributed by atoms with E-state index in [1.54, 1.807) is 25.1 Å². The molecule has 3 aromatic rings. The van der Waals surface area contributed by atoms with Gasteiger partial charge in [-0.3, -0.25) is 14.4 Å². The smallest absolute Gasteiger partial charge is 0.330 e. The van der Waals surface area contributed by atoms with E-state index in [1.165, 1.54) is 24.3 Å². The topological polar surface area (TPSA) is 129 Å². The molecule has 1 aliphatic heterocycles. The summed E-state index contributed by atoms with van der Waals surface area (Å²) in [5.41, 5.74) is 1.71. The predicted octanol–water partition coefficient (Wildman–Crippen LogP) is 2.78. The lowest BCUT2D eigenvalue weighted by Crippen LogP contribution is -2.51. The molecular formula is C29H31FN4O5. The lowest BCUT2D eigenvalue weighted by molar-refractivity contribution is -0.137. The Bertz CT molecular complexity index is 1330. The molecule has 2 aromatic carbocycles. The Morgan fingerprint density at radius 2 is 1.90 bits per heavy atom. The molecule has 1 fully saturated rings. The van der Waals surface area contributed by atoms with Crippen LogP contribution in [0.5, 0.6) is 0 Å². The average molecular weight is 535 g/mol. The number of halogens is 1. The van der Waals surface area contributed by atoms with E-state index in [0.29, 0.717) is 18.5 Å². The minimum absolute atomic E-state index is 0.0936. The van der Waals surface area contributed by atoms with Crippen molar-refractivity contribution in [3.8, 4) is 0 Å². The Hall–Kier alpha value is -4.47. The first kappa shape index (κ1) is 27.6. The van der Waals surface area contributed by atoms with Crippen LogP contribution in [0.15, 0.2) is 66.7 Å².